The molecule has 2 aromatic rings. The van der Waals surface area contributed by atoms with Crippen molar-refractivity contribution >= 4 is 0 Å². The maximum Gasteiger partial charge on any atom is 0.116 e. The van der Waals surface area contributed by atoms with Crippen molar-refractivity contribution in [3.8, 4) is 0 Å². The molecule has 0 unspecified atom stereocenters. The molecule has 3 heteroatoms. The summed E-state index contributed by atoms with van der Waals surface area (Å²) in [6.07, 6.45) is 4.59. The molecule has 0 saturated heterocycles. The second kappa shape index (κ2) is 4.82. The Balaban J connectivity index is 1.76. The molecule has 1 aromatic heterocycles. The summed E-state index contributed by atoms with van der Waals surface area (Å²) in [4.78, 5) is 8.03. The fraction of sp³-hybridized carbons (Fsp3) is 0.438. The number of nitrogens with zero attached hydrogens (tertiary/aromatic N) is 1. The number of aromatic nitrogens is 2. The van der Waals surface area contributed by atoms with Crippen molar-refractivity contribution in [3.05, 3.63) is 53.6 Å². The maximum atomic E-state index is 4.57. The van der Waals surface area contributed by atoms with Gasteiger partial charge in [0.1, 0.15) is 5.82 Å². The van der Waals surface area contributed by atoms with E-state index in [1.807, 2.05) is 12.3 Å². The van der Waals surface area contributed by atoms with Gasteiger partial charge in [-0.1, -0.05) is 30.3 Å². The summed E-state index contributed by atoms with van der Waals surface area (Å²) in [5.41, 5.74) is 2.37. The van der Waals surface area contributed by atoms with Crippen molar-refractivity contribution in [2.75, 3.05) is 0 Å². The van der Waals surface area contributed by atoms with Crippen molar-refractivity contribution < 1.29 is 0 Å². The minimum atomic E-state index is -0.0842. The molecule has 2 N–H and O–H groups in total. The summed E-state index contributed by atoms with van der Waals surface area (Å²) < 4.78 is 0. The van der Waals surface area contributed by atoms with Crippen molar-refractivity contribution in [2.45, 2.75) is 44.7 Å². The van der Waals surface area contributed by atoms with Crippen molar-refractivity contribution in [1.29, 1.82) is 0 Å². The second-order valence-corrected chi connectivity index (χ2v) is 5.90. The lowest BCUT2D eigenvalue weighted by Crippen LogP contribution is -2.21. The fourth-order valence-electron chi connectivity index (χ4n) is 2.30. The summed E-state index contributed by atoms with van der Waals surface area (Å²) in [7, 11) is 0. The predicted octanol–water partition coefficient (Wildman–Crippen LogP) is 2.99. The summed E-state index contributed by atoms with van der Waals surface area (Å²) in [5, 5.41) is 3.51. The van der Waals surface area contributed by atoms with E-state index in [9.17, 15) is 0 Å². The standard InChI is InChI=1S/C16H21N3/c1-16(2,12-6-4-3-5-7-12)15-18-11-14(19-15)10-17-13-8-9-13/h3-7,11,13,17H,8-10H2,1-2H3,(H,18,19). The highest BCUT2D eigenvalue weighted by molar-refractivity contribution is 5.31. The zero-order valence-electron chi connectivity index (χ0n) is 11.6. The Bertz CT molecular complexity index is 538. The molecule has 1 fully saturated rings. The molecule has 0 radical (unpaired) electrons. The van der Waals surface area contributed by atoms with Crippen LogP contribution in [0.3, 0.4) is 0 Å². The van der Waals surface area contributed by atoms with Gasteiger partial charge < -0.3 is 10.3 Å². The first-order valence-electron chi connectivity index (χ1n) is 6.99. The highest BCUT2D eigenvalue weighted by atomic mass is 15.0. The molecule has 0 spiro atoms. The maximum absolute atomic E-state index is 4.57. The Kier molecular flexibility index (Phi) is 3.15. The number of hydrogen-bond donors (Lipinski definition) is 2. The third-order valence-electron chi connectivity index (χ3n) is 3.87. The van der Waals surface area contributed by atoms with Gasteiger partial charge in [-0.15, -0.1) is 0 Å². The summed E-state index contributed by atoms with van der Waals surface area (Å²) in [6.45, 7) is 5.31. The van der Waals surface area contributed by atoms with Gasteiger partial charge in [0.2, 0.25) is 0 Å². The van der Waals surface area contributed by atoms with Gasteiger partial charge in [-0.05, 0) is 32.3 Å². The van der Waals surface area contributed by atoms with Gasteiger partial charge in [0.25, 0.3) is 0 Å². The SMILES string of the molecule is CC(C)(c1ccccc1)c1ncc(CNC2CC2)[nH]1. The second-order valence-electron chi connectivity index (χ2n) is 5.90. The van der Waals surface area contributed by atoms with Crippen LogP contribution in [0.2, 0.25) is 0 Å². The van der Waals surface area contributed by atoms with Gasteiger partial charge in [-0.2, -0.15) is 0 Å². The summed E-state index contributed by atoms with van der Waals surface area (Å²) in [5.74, 6) is 1.03. The Morgan fingerprint density at radius 1 is 1.26 bits per heavy atom. The van der Waals surface area contributed by atoms with Crippen LogP contribution in [0.15, 0.2) is 36.5 Å². The van der Waals surface area contributed by atoms with E-state index in [0.29, 0.717) is 0 Å². The molecule has 1 aromatic carbocycles. The van der Waals surface area contributed by atoms with Crippen LogP contribution in [0, 0.1) is 0 Å². The quantitative estimate of drug-likeness (QED) is 0.862. The lowest BCUT2D eigenvalue weighted by Gasteiger charge is -2.22. The smallest absolute Gasteiger partial charge is 0.116 e. The van der Waals surface area contributed by atoms with Crippen LogP contribution in [0.5, 0.6) is 0 Å². The van der Waals surface area contributed by atoms with E-state index in [0.717, 1.165) is 18.4 Å². The monoisotopic (exact) mass is 255 g/mol. The van der Waals surface area contributed by atoms with E-state index in [2.05, 4.69) is 53.4 Å². The largest absolute Gasteiger partial charge is 0.344 e. The number of aromatic amines is 1. The first-order chi connectivity index (χ1) is 9.16. The fourth-order valence-corrected chi connectivity index (χ4v) is 2.30. The molecule has 3 rings (SSSR count). The van der Waals surface area contributed by atoms with Crippen LogP contribution in [0.25, 0.3) is 0 Å². The number of H-pyrrole nitrogens is 1. The van der Waals surface area contributed by atoms with E-state index in [1.165, 1.54) is 24.1 Å². The Morgan fingerprint density at radius 3 is 2.68 bits per heavy atom. The average molecular weight is 255 g/mol. The number of rotatable bonds is 5. The molecule has 19 heavy (non-hydrogen) atoms. The van der Waals surface area contributed by atoms with E-state index < -0.39 is 0 Å². The Hall–Kier alpha value is -1.61. The molecular weight excluding hydrogens is 234 g/mol. The van der Waals surface area contributed by atoms with Crippen LogP contribution < -0.4 is 5.32 Å². The first kappa shape index (κ1) is 12.4. The molecule has 0 amide bonds. The highest BCUT2D eigenvalue weighted by Crippen LogP contribution is 2.29. The van der Waals surface area contributed by atoms with E-state index >= 15 is 0 Å². The molecule has 1 aliphatic rings. The van der Waals surface area contributed by atoms with Gasteiger partial charge >= 0.3 is 0 Å². The van der Waals surface area contributed by atoms with Gasteiger partial charge in [-0.25, -0.2) is 4.98 Å². The van der Waals surface area contributed by atoms with Crippen LogP contribution >= 0.6 is 0 Å². The molecule has 0 aliphatic heterocycles. The van der Waals surface area contributed by atoms with Gasteiger partial charge in [-0.3, -0.25) is 0 Å². The summed E-state index contributed by atoms with van der Waals surface area (Å²) in [6, 6.07) is 11.3. The zero-order valence-corrected chi connectivity index (χ0v) is 11.6. The minimum absolute atomic E-state index is 0.0842. The Morgan fingerprint density at radius 2 is 2.00 bits per heavy atom. The minimum Gasteiger partial charge on any atom is -0.344 e. The van der Waals surface area contributed by atoms with Gasteiger partial charge in [0.15, 0.2) is 0 Å². The molecule has 0 bridgehead atoms. The average Bonchev–Trinajstić information content (AvgIpc) is 3.13. The number of imidazole rings is 1. The third kappa shape index (κ3) is 2.71. The third-order valence-corrected chi connectivity index (χ3v) is 3.87. The molecule has 1 saturated carbocycles. The van der Waals surface area contributed by atoms with Gasteiger partial charge in [0, 0.05) is 29.9 Å². The van der Waals surface area contributed by atoms with Crippen molar-refractivity contribution in [1.82, 2.24) is 15.3 Å². The molecular formula is C16H21N3. The van der Waals surface area contributed by atoms with Crippen molar-refractivity contribution in [3.63, 3.8) is 0 Å². The number of nitrogens with one attached hydrogen (secondary N) is 2. The number of benzene rings is 1. The lowest BCUT2D eigenvalue weighted by molar-refractivity contribution is 0.593. The predicted molar refractivity (Wildman–Crippen MR) is 77.0 cm³/mol. The van der Waals surface area contributed by atoms with Crippen molar-refractivity contribution in [2.24, 2.45) is 0 Å². The normalized spacial score (nSPS) is 15.7. The van der Waals surface area contributed by atoms with E-state index in [-0.39, 0.29) is 5.41 Å². The van der Waals surface area contributed by atoms with Crippen LogP contribution in [0.1, 0.15) is 43.8 Å². The van der Waals surface area contributed by atoms with Crippen LogP contribution in [0.4, 0.5) is 0 Å². The molecule has 1 aliphatic carbocycles. The molecule has 1 heterocycles. The Labute approximate surface area is 114 Å². The van der Waals surface area contributed by atoms with Gasteiger partial charge in [0.05, 0.1) is 0 Å². The number of hydrogen-bond acceptors (Lipinski definition) is 2. The summed E-state index contributed by atoms with van der Waals surface area (Å²) >= 11 is 0. The first-order valence-corrected chi connectivity index (χ1v) is 6.99. The highest BCUT2D eigenvalue weighted by Gasteiger charge is 2.26. The molecule has 0 atom stereocenters. The zero-order chi connectivity index (χ0) is 13.3. The topological polar surface area (TPSA) is 40.7 Å². The van der Waals surface area contributed by atoms with Crippen LogP contribution in [-0.2, 0) is 12.0 Å². The van der Waals surface area contributed by atoms with E-state index in [1.54, 1.807) is 0 Å². The van der Waals surface area contributed by atoms with E-state index in [4.69, 9.17) is 0 Å². The lowest BCUT2D eigenvalue weighted by atomic mass is 9.84. The molecule has 3 nitrogen and oxygen atoms in total. The van der Waals surface area contributed by atoms with Crippen LogP contribution in [-0.4, -0.2) is 16.0 Å². The molecule has 100 valence electrons.